The van der Waals surface area contributed by atoms with Gasteiger partial charge in [0.1, 0.15) is 5.69 Å². The number of hydrogen-bond acceptors (Lipinski definition) is 3. The number of rotatable bonds is 2. The minimum absolute atomic E-state index is 0.484. The predicted molar refractivity (Wildman–Crippen MR) is 41.4 cm³/mol. The lowest BCUT2D eigenvalue weighted by Crippen LogP contribution is -1.84. The monoisotopic (exact) mass is 153 g/mol. The molecular weight excluding hydrogens is 146 g/mol. The summed E-state index contributed by atoms with van der Waals surface area (Å²) in [5, 5.41) is 0. The number of carbonyl (C=O) groups is 1. The number of aldehydes is 1. The summed E-state index contributed by atoms with van der Waals surface area (Å²) >= 11 is 1.61. The Hall–Kier alpha value is -0.830. The average Bonchev–Trinajstić information content (AvgIpc) is 2.05. The van der Waals surface area contributed by atoms with Gasteiger partial charge < -0.3 is 0 Å². The van der Waals surface area contributed by atoms with Crippen LogP contribution in [0.5, 0.6) is 0 Å². The van der Waals surface area contributed by atoms with Gasteiger partial charge in [-0.15, -0.1) is 11.8 Å². The standard InChI is InChI=1S/C7H7NOS/c1-10-7-3-2-6(5-9)8-4-7/h2-5H,1H3. The molecule has 0 atom stereocenters. The molecule has 0 aromatic carbocycles. The largest absolute Gasteiger partial charge is 0.296 e. The third-order valence-corrected chi connectivity index (χ3v) is 1.83. The van der Waals surface area contributed by atoms with Gasteiger partial charge in [-0.1, -0.05) is 0 Å². The molecule has 0 unspecified atom stereocenters. The van der Waals surface area contributed by atoms with E-state index < -0.39 is 0 Å². The molecule has 0 bridgehead atoms. The zero-order valence-electron chi connectivity index (χ0n) is 5.57. The number of thioether (sulfide) groups is 1. The first-order valence-corrected chi connectivity index (χ1v) is 4.04. The van der Waals surface area contributed by atoms with Crippen molar-refractivity contribution in [3.63, 3.8) is 0 Å². The summed E-state index contributed by atoms with van der Waals surface area (Å²) in [5.74, 6) is 0. The first-order chi connectivity index (χ1) is 4.86. The molecule has 0 N–H and O–H groups in total. The third-order valence-electron chi connectivity index (χ3n) is 1.12. The number of hydrogen-bond donors (Lipinski definition) is 0. The van der Waals surface area contributed by atoms with Crippen molar-refractivity contribution in [3.8, 4) is 0 Å². The molecule has 1 aromatic heterocycles. The Kier molecular flexibility index (Phi) is 2.45. The van der Waals surface area contributed by atoms with Gasteiger partial charge in [-0.05, 0) is 18.4 Å². The molecule has 1 heterocycles. The highest BCUT2D eigenvalue weighted by molar-refractivity contribution is 7.98. The molecule has 1 aromatic rings. The maximum Gasteiger partial charge on any atom is 0.168 e. The Morgan fingerprint density at radius 3 is 2.80 bits per heavy atom. The van der Waals surface area contributed by atoms with Crippen molar-refractivity contribution < 1.29 is 4.79 Å². The Bertz CT molecular complexity index is 220. The maximum atomic E-state index is 10.1. The molecule has 0 spiro atoms. The molecule has 1 rings (SSSR count). The van der Waals surface area contributed by atoms with Crippen LogP contribution in [0.2, 0.25) is 0 Å². The lowest BCUT2D eigenvalue weighted by molar-refractivity contribution is 0.111. The molecule has 0 aliphatic rings. The van der Waals surface area contributed by atoms with Crippen LogP contribution in [0.1, 0.15) is 10.5 Å². The van der Waals surface area contributed by atoms with E-state index in [9.17, 15) is 4.79 Å². The van der Waals surface area contributed by atoms with Crippen molar-refractivity contribution in [2.45, 2.75) is 4.90 Å². The molecule has 0 aliphatic heterocycles. The van der Waals surface area contributed by atoms with E-state index in [1.807, 2.05) is 12.3 Å². The van der Waals surface area contributed by atoms with E-state index in [1.165, 1.54) is 0 Å². The average molecular weight is 153 g/mol. The second-order valence-corrected chi connectivity index (χ2v) is 2.62. The zero-order valence-corrected chi connectivity index (χ0v) is 6.39. The molecule has 0 saturated carbocycles. The molecule has 52 valence electrons. The van der Waals surface area contributed by atoms with Gasteiger partial charge in [0.2, 0.25) is 0 Å². The van der Waals surface area contributed by atoms with Crippen LogP contribution in [-0.2, 0) is 0 Å². The fourth-order valence-electron chi connectivity index (χ4n) is 0.582. The zero-order chi connectivity index (χ0) is 7.40. The second-order valence-electron chi connectivity index (χ2n) is 1.74. The van der Waals surface area contributed by atoms with E-state index >= 15 is 0 Å². The van der Waals surface area contributed by atoms with Crippen molar-refractivity contribution in [1.82, 2.24) is 4.98 Å². The number of carbonyl (C=O) groups excluding carboxylic acids is 1. The van der Waals surface area contributed by atoms with Crippen LogP contribution in [-0.4, -0.2) is 17.5 Å². The van der Waals surface area contributed by atoms with Crippen LogP contribution in [0.4, 0.5) is 0 Å². The van der Waals surface area contributed by atoms with E-state index in [2.05, 4.69) is 4.98 Å². The van der Waals surface area contributed by atoms with E-state index in [0.29, 0.717) is 5.69 Å². The quantitative estimate of drug-likeness (QED) is 0.477. The maximum absolute atomic E-state index is 10.1. The summed E-state index contributed by atoms with van der Waals surface area (Å²) in [6.07, 6.45) is 4.40. The van der Waals surface area contributed by atoms with E-state index in [0.717, 1.165) is 11.2 Å². The smallest absolute Gasteiger partial charge is 0.168 e. The molecule has 3 heteroatoms. The van der Waals surface area contributed by atoms with Crippen molar-refractivity contribution in [3.05, 3.63) is 24.0 Å². The second kappa shape index (κ2) is 3.37. The van der Waals surface area contributed by atoms with Gasteiger partial charge in [0.05, 0.1) is 0 Å². The summed E-state index contributed by atoms with van der Waals surface area (Å²) in [5.41, 5.74) is 0.484. The van der Waals surface area contributed by atoms with Crippen LogP contribution in [0.25, 0.3) is 0 Å². The Morgan fingerprint density at radius 1 is 1.60 bits per heavy atom. The summed E-state index contributed by atoms with van der Waals surface area (Å²) < 4.78 is 0. The fourth-order valence-corrected chi connectivity index (χ4v) is 0.944. The summed E-state index contributed by atoms with van der Waals surface area (Å²) in [7, 11) is 0. The minimum Gasteiger partial charge on any atom is -0.296 e. The first kappa shape index (κ1) is 7.28. The highest BCUT2D eigenvalue weighted by atomic mass is 32.2. The summed E-state index contributed by atoms with van der Waals surface area (Å²) in [6, 6.07) is 3.58. The van der Waals surface area contributed by atoms with Crippen molar-refractivity contribution in [2.75, 3.05) is 6.26 Å². The van der Waals surface area contributed by atoms with E-state index in [4.69, 9.17) is 0 Å². The summed E-state index contributed by atoms with van der Waals surface area (Å²) in [6.45, 7) is 0. The topological polar surface area (TPSA) is 30.0 Å². The van der Waals surface area contributed by atoms with Gasteiger partial charge in [-0.3, -0.25) is 9.78 Å². The summed E-state index contributed by atoms with van der Waals surface area (Å²) in [4.78, 5) is 15.1. The number of nitrogens with zero attached hydrogens (tertiary/aromatic N) is 1. The Morgan fingerprint density at radius 2 is 2.40 bits per heavy atom. The van der Waals surface area contributed by atoms with Crippen LogP contribution < -0.4 is 0 Å². The van der Waals surface area contributed by atoms with Crippen LogP contribution >= 0.6 is 11.8 Å². The van der Waals surface area contributed by atoms with Crippen LogP contribution in [0.15, 0.2) is 23.2 Å². The van der Waals surface area contributed by atoms with E-state index in [-0.39, 0.29) is 0 Å². The van der Waals surface area contributed by atoms with Gasteiger partial charge in [0.15, 0.2) is 6.29 Å². The highest BCUT2D eigenvalue weighted by Crippen LogP contribution is 2.11. The SMILES string of the molecule is CSc1ccc(C=O)nc1. The molecule has 0 saturated heterocycles. The number of pyridine rings is 1. The van der Waals surface area contributed by atoms with Gasteiger partial charge >= 0.3 is 0 Å². The van der Waals surface area contributed by atoms with Gasteiger partial charge in [-0.25, -0.2) is 0 Å². The van der Waals surface area contributed by atoms with Crippen molar-refractivity contribution >= 4 is 18.0 Å². The Balaban J connectivity index is 2.90. The third kappa shape index (κ3) is 1.57. The van der Waals surface area contributed by atoms with Crippen LogP contribution in [0.3, 0.4) is 0 Å². The van der Waals surface area contributed by atoms with Crippen LogP contribution in [0, 0.1) is 0 Å². The highest BCUT2D eigenvalue weighted by Gasteiger charge is 1.90. The fraction of sp³-hybridized carbons (Fsp3) is 0.143. The molecule has 10 heavy (non-hydrogen) atoms. The Labute approximate surface area is 63.7 Å². The van der Waals surface area contributed by atoms with Crippen molar-refractivity contribution in [2.24, 2.45) is 0 Å². The lowest BCUT2D eigenvalue weighted by Gasteiger charge is -1.92. The van der Waals surface area contributed by atoms with Gasteiger partial charge in [-0.2, -0.15) is 0 Å². The van der Waals surface area contributed by atoms with E-state index in [1.54, 1.807) is 24.0 Å². The molecule has 0 fully saturated rings. The van der Waals surface area contributed by atoms with Crippen molar-refractivity contribution in [1.29, 1.82) is 0 Å². The van der Waals surface area contributed by atoms with Gasteiger partial charge in [0, 0.05) is 11.1 Å². The predicted octanol–water partition coefficient (Wildman–Crippen LogP) is 1.62. The first-order valence-electron chi connectivity index (χ1n) is 2.82. The lowest BCUT2D eigenvalue weighted by atomic mass is 10.4. The molecule has 0 aliphatic carbocycles. The number of aromatic nitrogens is 1. The molecule has 0 radical (unpaired) electrons. The molecule has 0 amide bonds. The molecule has 2 nitrogen and oxygen atoms in total. The minimum atomic E-state index is 0.484. The van der Waals surface area contributed by atoms with Gasteiger partial charge in [0.25, 0.3) is 0 Å². The molecular formula is C7H7NOS. The normalized spacial score (nSPS) is 9.30.